The van der Waals surface area contributed by atoms with Crippen LogP contribution >= 0.6 is 0 Å². The minimum Gasteiger partial charge on any atom is -0.361 e. The molecule has 1 aromatic rings. The predicted molar refractivity (Wildman–Crippen MR) is 48.8 cm³/mol. The zero-order valence-corrected chi connectivity index (χ0v) is 7.70. The molecule has 0 radical (unpaired) electrons. The number of pyridine rings is 1. The Morgan fingerprint density at radius 1 is 1.54 bits per heavy atom. The number of rotatable bonds is 4. The van der Waals surface area contributed by atoms with Gasteiger partial charge in [0.1, 0.15) is 5.75 Å². The molecular weight excluding hydrogens is 190 g/mol. The highest BCUT2D eigenvalue weighted by atomic mass is 32.2. The predicted octanol–water partition coefficient (Wildman–Crippen LogP) is 0.976. The van der Waals surface area contributed by atoms with Crippen molar-refractivity contribution in [2.45, 2.75) is 0 Å². The van der Waals surface area contributed by atoms with Gasteiger partial charge in [0.05, 0.1) is 0 Å². The first-order chi connectivity index (χ1) is 6.14. The van der Waals surface area contributed by atoms with Crippen LogP contribution in [0.5, 0.6) is 5.88 Å². The van der Waals surface area contributed by atoms with Gasteiger partial charge in [0, 0.05) is 12.3 Å². The van der Waals surface area contributed by atoms with Crippen LogP contribution in [-0.4, -0.2) is 19.2 Å². The lowest BCUT2D eigenvalue weighted by molar-refractivity contribution is 0.479. The molecule has 0 aliphatic carbocycles. The molecule has 0 aliphatic heterocycles. The average Bonchev–Trinajstić information content (AvgIpc) is 2.04. The maximum atomic E-state index is 11.1. The Bertz CT molecular complexity index is 372. The van der Waals surface area contributed by atoms with E-state index >= 15 is 0 Å². The largest absolute Gasteiger partial charge is 0.361 e. The molecule has 0 atom stereocenters. The minimum absolute atomic E-state index is 0.0735. The van der Waals surface area contributed by atoms with E-state index in [2.05, 4.69) is 15.7 Å². The average molecular weight is 199 g/mol. The standard InChI is InChI=1S/C8H9NO3S/c1-2-7-13(10,11)12-8-5-3-4-6-9-8/h2-6H,1,7H2. The maximum absolute atomic E-state index is 11.1. The third-order valence-electron chi connectivity index (χ3n) is 1.17. The van der Waals surface area contributed by atoms with Crippen LogP contribution in [0.3, 0.4) is 0 Å². The Balaban J connectivity index is 2.75. The van der Waals surface area contributed by atoms with Crippen molar-refractivity contribution in [3.8, 4) is 5.88 Å². The normalized spacial score (nSPS) is 10.8. The van der Waals surface area contributed by atoms with Crippen molar-refractivity contribution >= 4 is 10.1 Å². The molecule has 0 amide bonds. The van der Waals surface area contributed by atoms with Crippen molar-refractivity contribution in [2.75, 3.05) is 5.75 Å². The Kier molecular flexibility index (Phi) is 3.02. The van der Waals surface area contributed by atoms with E-state index in [1.54, 1.807) is 12.1 Å². The van der Waals surface area contributed by atoms with Gasteiger partial charge in [-0.2, -0.15) is 8.42 Å². The van der Waals surface area contributed by atoms with E-state index < -0.39 is 10.1 Å². The Labute approximate surface area is 77.0 Å². The van der Waals surface area contributed by atoms with Crippen LogP contribution in [0.1, 0.15) is 0 Å². The molecule has 0 fully saturated rings. The van der Waals surface area contributed by atoms with Gasteiger partial charge >= 0.3 is 10.1 Å². The van der Waals surface area contributed by atoms with Crippen LogP contribution in [0.2, 0.25) is 0 Å². The van der Waals surface area contributed by atoms with Crippen LogP contribution in [0.15, 0.2) is 37.1 Å². The second kappa shape index (κ2) is 4.04. The molecule has 0 bridgehead atoms. The zero-order valence-electron chi connectivity index (χ0n) is 6.88. The molecule has 0 unspecified atom stereocenters. The smallest absolute Gasteiger partial charge is 0.314 e. The summed E-state index contributed by atoms with van der Waals surface area (Å²) in [5, 5.41) is 0. The van der Waals surface area contributed by atoms with Gasteiger partial charge in [0.25, 0.3) is 0 Å². The fraction of sp³-hybridized carbons (Fsp3) is 0.125. The summed E-state index contributed by atoms with van der Waals surface area (Å²) >= 11 is 0. The Morgan fingerprint density at radius 3 is 2.85 bits per heavy atom. The van der Waals surface area contributed by atoms with E-state index in [0.717, 1.165) is 0 Å². The molecule has 0 saturated heterocycles. The highest BCUT2D eigenvalue weighted by molar-refractivity contribution is 7.87. The Morgan fingerprint density at radius 2 is 2.31 bits per heavy atom. The van der Waals surface area contributed by atoms with E-state index in [9.17, 15) is 8.42 Å². The SMILES string of the molecule is C=CCS(=O)(=O)Oc1ccccn1. The van der Waals surface area contributed by atoms with Gasteiger partial charge in [0.15, 0.2) is 0 Å². The summed E-state index contributed by atoms with van der Waals surface area (Å²) in [4.78, 5) is 3.71. The van der Waals surface area contributed by atoms with E-state index in [0.29, 0.717) is 0 Å². The van der Waals surface area contributed by atoms with Crippen LogP contribution < -0.4 is 4.18 Å². The third kappa shape index (κ3) is 3.25. The molecular formula is C8H9NO3S. The van der Waals surface area contributed by atoms with Crippen LogP contribution in [-0.2, 0) is 10.1 Å². The topological polar surface area (TPSA) is 56.3 Å². The molecule has 5 heteroatoms. The molecule has 0 aliphatic rings. The number of hydrogen-bond donors (Lipinski definition) is 0. The second-order valence-corrected chi connectivity index (χ2v) is 3.88. The number of aromatic nitrogens is 1. The lowest BCUT2D eigenvalue weighted by atomic mass is 10.5. The summed E-state index contributed by atoms with van der Waals surface area (Å²) in [5.74, 6) is -0.145. The van der Waals surface area contributed by atoms with Crippen molar-refractivity contribution in [3.63, 3.8) is 0 Å². The van der Waals surface area contributed by atoms with Crippen molar-refractivity contribution in [3.05, 3.63) is 37.1 Å². The second-order valence-electron chi connectivity index (χ2n) is 2.26. The van der Waals surface area contributed by atoms with Gasteiger partial charge in [-0.05, 0) is 6.07 Å². The molecule has 1 aromatic heterocycles. The van der Waals surface area contributed by atoms with Crippen LogP contribution in [0.25, 0.3) is 0 Å². The first kappa shape index (κ1) is 9.73. The molecule has 0 spiro atoms. The molecule has 1 heterocycles. The highest BCUT2D eigenvalue weighted by Gasteiger charge is 2.09. The summed E-state index contributed by atoms with van der Waals surface area (Å²) in [6.45, 7) is 3.31. The van der Waals surface area contributed by atoms with E-state index in [1.165, 1.54) is 18.3 Å². The van der Waals surface area contributed by atoms with E-state index in [4.69, 9.17) is 0 Å². The van der Waals surface area contributed by atoms with Gasteiger partial charge in [-0.1, -0.05) is 12.1 Å². The molecule has 4 nitrogen and oxygen atoms in total. The summed E-state index contributed by atoms with van der Waals surface area (Å²) in [6.07, 6.45) is 2.72. The first-order valence-electron chi connectivity index (χ1n) is 3.58. The quantitative estimate of drug-likeness (QED) is 0.535. The summed E-state index contributed by atoms with van der Waals surface area (Å²) in [6, 6.07) is 4.79. The lowest BCUT2D eigenvalue weighted by Crippen LogP contribution is -2.12. The lowest BCUT2D eigenvalue weighted by Gasteiger charge is -2.02. The molecule has 0 N–H and O–H groups in total. The summed E-state index contributed by atoms with van der Waals surface area (Å²) in [5.41, 5.74) is 0. The number of hydrogen-bond acceptors (Lipinski definition) is 4. The fourth-order valence-electron chi connectivity index (χ4n) is 0.705. The molecule has 70 valence electrons. The van der Waals surface area contributed by atoms with Crippen molar-refractivity contribution < 1.29 is 12.6 Å². The maximum Gasteiger partial charge on any atom is 0.314 e. The monoisotopic (exact) mass is 199 g/mol. The van der Waals surface area contributed by atoms with Gasteiger partial charge in [-0.15, -0.1) is 6.58 Å². The highest BCUT2D eigenvalue weighted by Crippen LogP contribution is 2.07. The van der Waals surface area contributed by atoms with E-state index in [1.807, 2.05) is 0 Å². The fourth-order valence-corrected chi connectivity index (χ4v) is 1.42. The summed E-state index contributed by atoms with van der Waals surface area (Å²) in [7, 11) is -3.57. The Hall–Kier alpha value is -1.36. The zero-order chi connectivity index (χ0) is 9.73. The van der Waals surface area contributed by atoms with Crippen molar-refractivity contribution in [2.24, 2.45) is 0 Å². The molecule has 0 saturated carbocycles. The van der Waals surface area contributed by atoms with Gasteiger partial charge in [0.2, 0.25) is 5.88 Å². The van der Waals surface area contributed by atoms with Crippen LogP contribution in [0, 0.1) is 0 Å². The third-order valence-corrected chi connectivity index (χ3v) is 2.24. The molecule has 1 rings (SSSR count). The van der Waals surface area contributed by atoms with Gasteiger partial charge in [-0.3, -0.25) is 0 Å². The van der Waals surface area contributed by atoms with Crippen molar-refractivity contribution in [1.82, 2.24) is 4.98 Å². The van der Waals surface area contributed by atoms with Crippen LogP contribution in [0.4, 0.5) is 0 Å². The van der Waals surface area contributed by atoms with Gasteiger partial charge < -0.3 is 4.18 Å². The molecule has 13 heavy (non-hydrogen) atoms. The number of nitrogens with zero attached hydrogens (tertiary/aromatic N) is 1. The first-order valence-corrected chi connectivity index (χ1v) is 5.16. The minimum atomic E-state index is -3.57. The molecule has 0 aromatic carbocycles. The van der Waals surface area contributed by atoms with Gasteiger partial charge in [-0.25, -0.2) is 4.98 Å². The van der Waals surface area contributed by atoms with E-state index in [-0.39, 0.29) is 11.6 Å². The summed E-state index contributed by atoms with van der Waals surface area (Å²) < 4.78 is 26.8. The van der Waals surface area contributed by atoms with Crippen molar-refractivity contribution in [1.29, 1.82) is 0 Å².